The van der Waals surface area contributed by atoms with Crippen molar-refractivity contribution in [1.82, 2.24) is 0 Å². The van der Waals surface area contributed by atoms with Crippen LogP contribution < -0.4 is 10.0 Å². The van der Waals surface area contributed by atoms with Crippen molar-refractivity contribution in [3.05, 3.63) is 94.8 Å². The highest BCUT2D eigenvalue weighted by atomic mass is 32.2. The van der Waals surface area contributed by atoms with Gasteiger partial charge in [0.15, 0.2) is 6.20 Å². The van der Waals surface area contributed by atoms with Gasteiger partial charge in [0.05, 0.1) is 0 Å². The molecule has 0 radical (unpaired) electrons. The molecule has 0 saturated heterocycles. The molecule has 0 saturated carbocycles. The Bertz CT molecular complexity index is 913. The number of rotatable bonds is 5. The number of anilines is 1. The second-order valence-electron chi connectivity index (χ2n) is 6.08. The number of carbonyl (C=O) groups is 1. The molecule has 0 aliphatic carbocycles. The van der Waals surface area contributed by atoms with Crippen molar-refractivity contribution in [2.45, 2.75) is 24.1 Å². The largest absolute Gasteiger partial charge is 0.618 e. The predicted octanol–water partition coefficient (Wildman–Crippen LogP) is 4.41. The number of amides is 1. The molecule has 26 heavy (non-hydrogen) atoms. The van der Waals surface area contributed by atoms with Gasteiger partial charge >= 0.3 is 0 Å². The van der Waals surface area contributed by atoms with Crippen molar-refractivity contribution >= 4 is 23.4 Å². The zero-order chi connectivity index (χ0) is 18.5. The highest BCUT2D eigenvalue weighted by molar-refractivity contribution is 8.00. The maximum absolute atomic E-state index is 13.0. The van der Waals surface area contributed by atoms with Crippen LogP contribution in [0, 0.1) is 19.1 Å². The first kappa shape index (κ1) is 18.0. The number of hydrogen-bond acceptors (Lipinski definition) is 3. The summed E-state index contributed by atoms with van der Waals surface area (Å²) in [5.74, 6) is -0.154. The van der Waals surface area contributed by atoms with Crippen LogP contribution in [0.1, 0.15) is 21.9 Å². The quantitative estimate of drug-likeness (QED) is 0.414. The van der Waals surface area contributed by atoms with Crippen LogP contribution in [0.15, 0.2) is 78.0 Å². The Morgan fingerprint density at radius 1 is 1.04 bits per heavy atom. The minimum atomic E-state index is -0.529. The summed E-state index contributed by atoms with van der Waals surface area (Å²) in [5.41, 5.74) is 3.72. The zero-order valence-electron chi connectivity index (χ0n) is 14.7. The van der Waals surface area contributed by atoms with Gasteiger partial charge < -0.3 is 10.5 Å². The molecular weight excluding hydrogens is 344 g/mol. The van der Waals surface area contributed by atoms with E-state index in [4.69, 9.17) is 0 Å². The highest BCUT2D eigenvalue weighted by Gasteiger charge is 2.25. The van der Waals surface area contributed by atoms with E-state index in [-0.39, 0.29) is 5.91 Å². The minimum Gasteiger partial charge on any atom is -0.618 e. The molecule has 0 spiro atoms. The van der Waals surface area contributed by atoms with E-state index in [2.05, 4.69) is 5.32 Å². The number of thioether (sulfide) groups is 1. The van der Waals surface area contributed by atoms with E-state index in [0.29, 0.717) is 5.03 Å². The lowest BCUT2D eigenvalue weighted by atomic mass is 10.1. The number of hydrogen-bond donors (Lipinski definition) is 1. The molecule has 2 aromatic carbocycles. The van der Waals surface area contributed by atoms with Crippen LogP contribution in [0.5, 0.6) is 0 Å². The van der Waals surface area contributed by atoms with Gasteiger partial charge in [0.25, 0.3) is 5.03 Å². The van der Waals surface area contributed by atoms with Crippen molar-refractivity contribution in [2.75, 3.05) is 5.32 Å². The first-order valence-electron chi connectivity index (χ1n) is 8.32. The third kappa shape index (κ3) is 4.24. The van der Waals surface area contributed by atoms with Gasteiger partial charge in [0.1, 0.15) is 5.25 Å². The minimum absolute atomic E-state index is 0.154. The van der Waals surface area contributed by atoms with E-state index < -0.39 is 5.25 Å². The molecule has 1 N–H and O–H groups in total. The first-order chi connectivity index (χ1) is 12.5. The third-order valence-corrected chi connectivity index (χ3v) is 5.30. The number of nitrogens with one attached hydrogen (secondary N) is 1. The van der Waals surface area contributed by atoms with Crippen LogP contribution >= 0.6 is 11.8 Å². The van der Waals surface area contributed by atoms with E-state index in [0.717, 1.165) is 27.1 Å². The van der Waals surface area contributed by atoms with E-state index in [1.807, 2.05) is 62.4 Å². The molecule has 0 fully saturated rings. The molecule has 1 atom stereocenters. The molecule has 0 unspecified atom stereocenters. The van der Waals surface area contributed by atoms with Gasteiger partial charge in [-0.05, 0) is 54.4 Å². The predicted molar refractivity (Wildman–Crippen MR) is 105 cm³/mol. The molecule has 5 heteroatoms. The zero-order valence-corrected chi connectivity index (χ0v) is 15.5. The molecular formula is C21H20N2O2S. The van der Waals surface area contributed by atoms with Crippen molar-refractivity contribution in [3.63, 3.8) is 0 Å². The molecule has 3 rings (SSSR count). The molecule has 3 aromatic rings. The standard InChI is InChI=1S/C21H20N2O2S/c1-15-11-12-16(2)18(14-15)22-21(24)20(17-8-4-3-5-9-17)26-19-10-6-7-13-23(19)25/h3-14,20H,1-2H3,(H,22,24)/t20-/m1/s1. The second-order valence-corrected chi connectivity index (χ2v) is 7.21. The van der Waals surface area contributed by atoms with Crippen molar-refractivity contribution in [2.24, 2.45) is 0 Å². The Hall–Kier alpha value is -2.79. The lowest BCUT2D eigenvalue weighted by molar-refractivity contribution is -0.645. The summed E-state index contributed by atoms with van der Waals surface area (Å²) in [4.78, 5) is 13.0. The molecule has 0 aliphatic heterocycles. The number of carbonyl (C=O) groups excluding carboxylic acids is 1. The maximum Gasteiger partial charge on any atom is 0.252 e. The van der Waals surface area contributed by atoms with Crippen LogP contribution in [0.3, 0.4) is 0 Å². The SMILES string of the molecule is Cc1ccc(C)c(NC(=O)[C@H](Sc2cccc[n+]2[O-])c2ccccc2)c1. The second kappa shape index (κ2) is 8.06. The lowest BCUT2D eigenvalue weighted by Crippen LogP contribution is -2.29. The summed E-state index contributed by atoms with van der Waals surface area (Å²) in [5, 5.41) is 15.0. The average molecular weight is 364 g/mol. The Labute approximate surface area is 157 Å². The summed E-state index contributed by atoms with van der Waals surface area (Å²) in [6.45, 7) is 3.95. The fraction of sp³-hybridized carbons (Fsp3) is 0.143. The van der Waals surface area contributed by atoms with Gasteiger partial charge in [-0.3, -0.25) is 4.79 Å². The van der Waals surface area contributed by atoms with Crippen molar-refractivity contribution < 1.29 is 9.52 Å². The molecule has 0 aliphatic rings. The molecule has 132 valence electrons. The monoisotopic (exact) mass is 364 g/mol. The summed E-state index contributed by atoms with van der Waals surface area (Å²) in [7, 11) is 0. The van der Waals surface area contributed by atoms with E-state index in [9.17, 15) is 10.0 Å². The van der Waals surface area contributed by atoms with Crippen LogP contribution in [0.4, 0.5) is 5.69 Å². The fourth-order valence-electron chi connectivity index (χ4n) is 2.59. The summed E-state index contributed by atoms with van der Waals surface area (Å²) >= 11 is 1.24. The normalized spacial score (nSPS) is 11.8. The van der Waals surface area contributed by atoms with Crippen LogP contribution in [0.2, 0.25) is 0 Å². The smallest absolute Gasteiger partial charge is 0.252 e. The molecule has 1 amide bonds. The van der Waals surface area contributed by atoms with Crippen molar-refractivity contribution in [1.29, 1.82) is 0 Å². The number of benzene rings is 2. The Kier molecular flexibility index (Phi) is 5.58. The van der Waals surface area contributed by atoms with Gasteiger partial charge in [-0.1, -0.05) is 42.5 Å². The summed E-state index contributed by atoms with van der Waals surface area (Å²) in [6.07, 6.45) is 1.44. The maximum atomic E-state index is 13.0. The number of aromatic nitrogens is 1. The molecule has 4 nitrogen and oxygen atoms in total. The highest BCUT2D eigenvalue weighted by Crippen LogP contribution is 2.34. The van der Waals surface area contributed by atoms with Crippen LogP contribution in [0.25, 0.3) is 0 Å². The van der Waals surface area contributed by atoms with Gasteiger partial charge in [0, 0.05) is 17.8 Å². The number of nitrogens with zero attached hydrogens (tertiary/aromatic N) is 1. The molecule has 0 bridgehead atoms. The van der Waals surface area contributed by atoms with Crippen LogP contribution in [-0.2, 0) is 4.79 Å². The first-order valence-corrected chi connectivity index (χ1v) is 9.20. The van der Waals surface area contributed by atoms with E-state index in [1.165, 1.54) is 18.0 Å². The number of pyridine rings is 1. The third-order valence-electron chi connectivity index (χ3n) is 4.02. The Morgan fingerprint density at radius 2 is 1.77 bits per heavy atom. The van der Waals surface area contributed by atoms with Gasteiger partial charge in [-0.25, -0.2) is 0 Å². The van der Waals surface area contributed by atoms with Gasteiger partial charge in [-0.2, -0.15) is 4.73 Å². The van der Waals surface area contributed by atoms with Crippen molar-refractivity contribution in [3.8, 4) is 0 Å². The molecule has 1 heterocycles. The summed E-state index contributed by atoms with van der Waals surface area (Å²) in [6, 6.07) is 20.6. The Balaban J connectivity index is 1.91. The average Bonchev–Trinajstić information content (AvgIpc) is 2.64. The molecule has 1 aromatic heterocycles. The Morgan fingerprint density at radius 3 is 2.50 bits per heavy atom. The summed E-state index contributed by atoms with van der Waals surface area (Å²) < 4.78 is 0.784. The fourth-order valence-corrected chi connectivity index (χ4v) is 3.62. The lowest BCUT2D eigenvalue weighted by Gasteiger charge is -2.17. The van der Waals surface area contributed by atoms with E-state index >= 15 is 0 Å². The van der Waals surface area contributed by atoms with Crippen LogP contribution in [-0.4, -0.2) is 5.91 Å². The number of aryl methyl sites for hydroxylation is 2. The topological polar surface area (TPSA) is 56.0 Å². The van der Waals surface area contributed by atoms with Gasteiger partial charge in [-0.15, -0.1) is 0 Å². The van der Waals surface area contributed by atoms with Gasteiger partial charge in [0.2, 0.25) is 5.91 Å². The van der Waals surface area contributed by atoms with E-state index in [1.54, 1.807) is 18.2 Å².